The molecule has 0 aliphatic rings. The van der Waals surface area contributed by atoms with Gasteiger partial charge in [-0.1, -0.05) is 30.3 Å². The summed E-state index contributed by atoms with van der Waals surface area (Å²) in [6, 6.07) is 8.51. The monoisotopic (exact) mass is 279 g/mol. The van der Waals surface area contributed by atoms with Gasteiger partial charge in [0.1, 0.15) is 0 Å². The number of ketones is 1. The third-order valence-electron chi connectivity index (χ3n) is 2.57. The van der Waals surface area contributed by atoms with Crippen LogP contribution in [0.2, 0.25) is 0 Å². The zero-order valence-electron chi connectivity index (χ0n) is 10.3. The van der Waals surface area contributed by atoms with Gasteiger partial charge in [0, 0.05) is 5.56 Å². The first kappa shape index (κ1) is 13.9. The van der Waals surface area contributed by atoms with E-state index in [9.17, 15) is 18.0 Å². The van der Waals surface area contributed by atoms with Crippen LogP contribution in [-0.4, -0.2) is 10.8 Å². The van der Waals surface area contributed by atoms with Crippen LogP contribution in [-0.2, 0) is 6.54 Å². The molecular formula is C14H10F3N2O+. The van der Waals surface area contributed by atoms with E-state index in [0.29, 0.717) is 5.56 Å². The van der Waals surface area contributed by atoms with Gasteiger partial charge in [-0.05, 0) is 0 Å². The van der Waals surface area contributed by atoms with Crippen molar-refractivity contribution in [2.75, 3.05) is 0 Å². The number of hydrogen-bond acceptors (Lipinski definition) is 2. The molecule has 2 rings (SSSR count). The number of carbonyl (C=O) groups excluding carboxylic acids is 1. The molecule has 0 saturated carbocycles. The summed E-state index contributed by atoms with van der Waals surface area (Å²) in [7, 11) is 0. The number of benzene rings is 1. The van der Waals surface area contributed by atoms with E-state index in [1.165, 1.54) is 10.8 Å². The summed E-state index contributed by atoms with van der Waals surface area (Å²) >= 11 is 0. The van der Waals surface area contributed by atoms with E-state index in [1.807, 2.05) is 0 Å². The molecule has 0 spiro atoms. The molecule has 0 saturated heterocycles. The quantitative estimate of drug-likeness (QED) is 0.637. The van der Waals surface area contributed by atoms with Crippen molar-refractivity contribution < 1.29 is 22.5 Å². The minimum absolute atomic E-state index is 0.0826. The maximum absolute atomic E-state index is 13.1. The summed E-state index contributed by atoms with van der Waals surface area (Å²) in [4.78, 5) is 15.4. The average molecular weight is 279 g/mol. The van der Waals surface area contributed by atoms with Gasteiger partial charge in [-0.15, -0.1) is 0 Å². The van der Waals surface area contributed by atoms with E-state index < -0.39 is 17.6 Å². The molecule has 20 heavy (non-hydrogen) atoms. The van der Waals surface area contributed by atoms with Crippen molar-refractivity contribution in [3.8, 4) is 0 Å². The van der Waals surface area contributed by atoms with Crippen molar-refractivity contribution in [2.24, 2.45) is 0 Å². The Morgan fingerprint density at radius 1 is 1.15 bits per heavy atom. The highest BCUT2D eigenvalue weighted by Gasteiger charge is 2.17. The van der Waals surface area contributed by atoms with Gasteiger partial charge in [0.15, 0.2) is 18.1 Å². The Morgan fingerprint density at radius 2 is 1.85 bits per heavy atom. The molecule has 3 nitrogen and oxygen atoms in total. The largest absolute Gasteiger partial charge is 0.308 e. The first-order valence-electron chi connectivity index (χ1n) is 5.72. The second-order valence-corrected chi connectivity index (χ2v) is 3.98. The van der Waals surface area contributed by atoms with Crippen molar-refractivity contribution >= 4 is 11.6 Å². The summed E-state index contributed by atoms with van der Waals surface area (Å²) in [6.45, 7) is -0.0826. The second kappa shape index (κ2) is 6.10. The number of halogens is 3. The standard InChI is InChI=1S/C14H10F3N2O/c15-13(14(16)17)11-8-19(7-6-18-11)9-12(20)10-4-2-1-3-5-10/h1-8H,9H2/q+1. The number of aromatic nitrogens is 2. The van der Waals surface area contributed by atoms with Gasteiger partial charge >= 0.3 is 6.08 Å². The SMILES string of the molecule is O=C(C[n+]1ccnc(C(F)=C(F)F)c1)c1ccccc1. The molecule has 0 radical (unpaired) electrons. The molecule has 0 fully saturated rings. The molecular weight excluding hydrogens is 269 g/mol. The number of nitrogens with zero attached hydrogens (tertiary/aromatic N) is 2. The van der Waals surface area contributed by atoms with E-state index in [-0.39, 0.29) is 12.3 Å². The Bertz CT molecular complexity index is 652. The predicted octanol–water partition coefficient (Wildman–Crippen LogP) is 2.79. The highest BCUT2D eigenvalue weighted by molar-refractivity contribution is 5.94. The highest BCUT2D eigenvalue weighted by Crippen LogP contribution is 2.18. The fourth-order valence-electron chi connectivity index (χ4n) is 1.62. The number of Topliss-reactive ketones (excluding diaryl/α,β-unsaturated/α-hetero) is 1. The molecule has 0 atom stereocenters. The molecule has 2 aromatic rings. The molecule has 6 heteroatoms. The lowest BCUT2D eigenvalue weighted by Crippen LogP contribution is -2.38. The van der Waals surface area contributed by atoms with Crippen LogP contribution in [0.15, 0.2) is 55.0 Å². The van der Waals surface area contributed by atoms with Crippen LogP contribution in [0.1, 0.15) is 16.1 Å². The van der Waals surface area contributed by atoms with E-state index in [1.54, 1.807) is 30.3 Å². The molecule has 1 heterocycles. The van der Waals surface area contributed by atoms with Gasteiger partial charge in [-0.3, -0.25) is 4.79 Å². The summed E-state index contributed by atoms with van der Waals surface area (Å²) in [5.74, 6) is -1.90. The van der Waals surface area contributed by atoms with E-state index >= 15 is 0 Å². The third-order valence-corrected chi connectivity index (χ3v) is 2.57. The lowest BCUT2D eigenvalue weighted by molar-refractivity contribution is -0.683. The maximum Gasteiger partial charge on any atom is 0.308 e. The molecule has 0 bridgehead atoms. The van der Waals surface area contributed by atoms with Crippen molar-refractivity contribution in [1.82, 2.24) is 4.98 Å². The lowest BCUT2D eigenvalue weighted by atomic mass is 10.1. The number of carbonyl (C=O) groups is 1. The first-order chi connectivity index (χ1) is 9.58. The van der Waals surface area contributed by atoms with Crippen LogP contribution in [0.4, 0.5) is 13.2 Å². The lowest BCUT2D eigenvalue weighted by Gasteiger charge is -1.99. The molecule has 1 aromatic carbocycles. The van der Waals surface area contributed by atoms with Crippen molar-refractivity contribution in [2.45, 2.75) is 6.54 Å². The van der Waals surface area contributed by atoms with Crippen molar-refractivity contribution in [3.63, 3.8) is 0 Å². The molecule has 0 aliphatic heterocycles. The van der Waals surface area contributed by atoms with Crippen LogP contribution < -0.4 is 4.57 Å². The molecule has 0 N–H and O–H groups in total. The van der Waals surface area contributed by atoms with Crippen molar-refractivity contribution in [1.29, 1.82) is 0 Å². The van der Waals surface area contributed by atoms with Gasteiger partial charge in [0.2, 0.25) is 18.2 Å². The molecule has 0 aliphatic carbocycles. The zero-order chi connectivity index (χ0) is 14.5. The van der Waals surface area contributed by atoms with Gasteiger partial charge in [-0.2, -0.15) is 17.7 Å². The molecule has 0 unspecified atom stereocenters. The summed E-state index contributed by atoms with van der Waals surface area (Å²) < 4.78 is 38.7. The Kier molecular flexibility index (Phi) is 4.24. The highest BCUT2D eigenvalue weighted by atomic mass is 19.3. The third kappa shape index (κ3) is 3.28. The maximum atomic E-state index is 13.1. The Balaban J connectivity index is 2.21. The normalized spacial score (nSPS) is 10.2. The fourth-order valence-corrected chi connectivity index (χ4v) is 1.62. The Hall–Kier alpha value is -2.50. The number of hydrogen-bond donors (Lipinski definition) is 0. The van der Waals surface area contributed by atoms with E-state index in [4.69, 9.17) is 0 Å². The average Bonchev–Trinajstić information content (AvgIpc) is 2.47. The van der Waals surface area contributed by atoms with Crippen LogP contribution in [0.3, 0.4) is 0 Å². The smallest absolute Gasteiger partial charge is 0.287 e. The summed E-state index contributed by atoms with van der Waals surface area (Å²) in [6.07, 6.45) is 1.20. The van der Waals surface area contributed by atoms with E-state index in [0.717, 1.165) is 12.4 Å². The Morgan fingerprint density at radius 3 is 2.50 bits per heavy atom. The second-order valence-electron chi connectivity index (χ2n) is 3.98. The van der Waals surface area contributed by atoms with Gasteiger partial charge < -0.3 is 0 Å². The molecule has 0 amide bonds. The van der Waals surface area contributed by atoms with Crippen LogP contribution >= 0.6 is 0 Å². The van der Waals surface area contributed by atoms with Gasteiger partial charge in [0.05, 0.1) is 6.20 Å². The predicted molar refractivity (Wildman–Crippen MR) is 65.4 cm³/mol. The topological polar surface area (TPSA) is 33.8 Å². The zero-order valence-corrected chi connectivity index (χ0v) is 10.3. The molecule has 102 valence electrons. The van der Waals surface area contributed by atoms with E-state index in [2.05, 4.69) is 4.98 Å². The summed E-state index contributed by atoms with van der Waals surface area (Å²) in [5.41, 5.74) is -0.0144. The van der Waals surface area contributed by atoms with Gasteiger partial charge in [0.25, 0.3) is 0 Å². The fraction of sp³-hybridized carbons (Fsp3) is 0.0714. The van der Waals surface area contributed by atoms with Crippen molar-refractivity contribution in [3.05, 3.63) is 66.3 Å². The minimum Gasteiger partial charge on any atom is -0.287 e. The van der Waals surface area contributed by atoms with Gasteiger partial charge in [-0.25, -0.2) is 4.98 Å². The van der Waals surface area contributed by atoms with Crippen LogP contribution in [0, 0.1) is 0 Å². The number of rotatable bonds is 4. The first-order valence-corrected chi connectivity index (χ1v) is 5.72. The van der Waals surface area contributed by atoms with Crippen LogP contribution in [0.5, 0.6) is 0 Å². The minimum atomic E-state index is -2.44. The summed E-state index contributed by atoms with van der Waals surface area (Å²) in [5, 5.41) is 0. The Labute approximate surface area is 113 Å². The van der Waals surface area contributed by atoms with Crippen LogP contribution in [0.25, 0.3) is 5.83 Å². The molecule has 1 aromatic heterocycles.